The minimum absolute atomic E-state index is 0.335. The number of hydrogen-bond acceptors (Lipinski definition) is 2. The fourth-order valence-corrected chi connectivity index (χ4v) is 2.24. The van der Waals surface area contributed by atoms with Crippen LogP contribution in [-0.4, -0.2) is 6.21 Å². The van der Waals surface area contributed by atoms with Gasteiger partial charge in [0.25, 0.3) is 0 Å². The third kappa shape index (κ3) is 3.99. The quantitative estimate of drug-likeness (QED) is 0.458. The maximum Gasteiger partial charge on any atom is 0.213 e. The van der Waals surface area contributed by atoms with Crippen molar-refractivity contribution in [3.05, 3.63) is 71.8 Å². The van der Waals surface area contributed by atoms with Crippen molar-refractivity contribution in [2.75, 3.05) is 0 Å². The highest BCUT2D eigenvalue weighted by Gasteiger charge is 2.15. The first kappa shape index (κ1) is 14.4. The maximum atomic E-state index is 5.65. The molecule has 2 aromatic rings. The van der Waals surface area contributed by atoms with Crippen molar-refractivity contribution < 1.29 is 4.84 Å². The summed E-state index contributed by atoms with van der Waals surface area (Å²) in [7, 11) is 0. The van der Waals surface area contributed by atoms with E-state index in [1.807, 2.05) is 66.9 Å². The highest BCUT2D eigenvalue weighted by molar-refractivity contribution is 5.61. The van der Waals surface area contributed by atoms with Crippen LogP contribution in [-0.2, 0) is 4.84 Å². The highest BCUT2D eigenvalue weighted by atomic mass is 16.6. The van der Waals surface area contributed by atoms with Gasteiger partial charge < -0.3 is 4.84 Å². The Bertz CT molecular complexity index is 663. The van der Waals surface area contributed by atoms with Gasteiger partial charge >= 0.3 is 0 Å². The minimum atomic E-state index is -0.335. The molecule has 2 nitrogen and oxygen atoms in total. The van der Waals surface area contributed by atoms with E-state index in [-0.39, 0.29) is 6.10 Å². The first-order chi connectivity index (χ1) is 10.9. The lowest BCUT2D eigenvalue weighted by molar-refractivity contribution is 0.0989. The van der Waals surface area contributed by atoms with Crippen LogP contribution in [0.3, 0.4) is 0 Å². The second kappa shape index (κ2) is 7.47. The van der Waals surface area contributed by atoms with Gasteiger partial charge in [0.2, 0.25) is 6.10 Å². The second-order valence-electron chi connectivity index (χ2n) is 5.48. The lowest BCUT2D eigenvalue weighted by atomic mass is 9.87. The fraction of sp³-hybridized carbons (Fsp3) is 0.250. The van der Waals surface area contributed by atoms with Gasteiger partial charge in [-0.3, -0.25) is 0 Å². The smallest absolute Gasteiger partial charge is 0.213 e. The molecule has 2 aromatic carbocycles. The van der Waals surface area contributed by atoms with Crippen LogP contribution in [0.25, 0.3) is 0 Å². The van der Waals surface area contributed by atoms with Crippen LogP contribution in [0.4, 0.5) is 0 Å². The summed E-state index contributed by atoms with van der Waals surface area (Å²) in [5.74, 6) is 6.92. The van der Waals surface area contributed by atoms with Gasteiger partial charge in [0.15, 0.2) is 0 Å². The van der Waals surface area contributed by atoms with Gasteiger partial charge in [0.05, 0.1) is 0 Å². The summed E-state index contributed by atoms with van der Waals surface area (Å²) in [4.78, 5) is 5.65. The largest absolute Gasteiger partial charge is 0.375 e. The Labute approximate surface area is 131 Å². The first-order valence-corrected chi connectivity index (χ1v) is 7.73. The normalized spacial score (nSPS) is 15.6. The van der Waals surface area contributed by atoms with Gasteiger partial charge in [0.1, 0.15) is 0 Å². The predicted molar refractivity (Wildman–Crippen MR) is 89.4 cm³/mol. The molecule has 22 heavy (non-hydrogen) atoms. The van der Waals surface area contributed by atoms with E-state index in [1.165, 1.54) is 19.3 Å². The molecule has 110 valence electrons. The highest BCUT2D eigenvalue weighted by Crippen LogP contribution is 2.24. The molecule has 0 amide bonds. The Kier molecular flexibility index (Phi) is 4.89. The SMILES string of the molecule is C(#CC(O/N=C/C1CCC1)c1ccccc1)c1ccccc1. The van der Waals surface area contributed by atoms with E-state index in [2.05, 4.69) is 17.0 Å². The zero-order chi connectivity index (χ0) is 15.0. The van der Waals surface area contributed by atoms with E-state index >= 15 is 0 Å². The molecule has 0 bridgehead atoms. The Morgan fingerprint density at radius 3 is 2.32 bits per heavy atom. The van der Waals surface area contributed by atoms with Crippen LogP contribution in [0, 0.1) is 17.8 Å². The standard InChI is InChI=1S/C20H19NO/c1-3-8-17(9-4-1)14-15-20(19-12-5-2-6-13-19)22-21-16-18-10-7-11-18/h1-6,8-9,12-13,16,18,20H,7,10-11H2/b21-16+. The molecule has 0 spiro atoms. The van der Waals surface area contributed by atoms with E-state index in [9.17, 15) is 0 Å². The van der Waals surface area contributed by atoms with Crippen LogP contribution in [0.5, 0.6) is 0 Å². The zero-order valence-corrected chi connectivity index (χ0v) is 12.5. The summed E-state index contributed by atoms with van der Waals surface area (Å²) >= 11 is 0. The van der Waals surface area contributed by atoms with Gasteiger partial charge in [0, 0.05) is 17.3 Å². The molecule has 0 radical (unpaired) electrons. The van der Waals surface area contributed by atoms with Crippen LogP contribution < -0.4 is 0 Å². The number of benzene rings is 2. The van der Waals surface area contributed by atoms with Crippen molar-refractivity contribution in [1.82, 2.24) is 0 Å². The van der Waals surface area contributed by atoms with E-state index in [4.69, 9.17) is 4.84 Å². The molecule has 3 rings (SSSR count). The molecular formula is C20H19NO. The van der Waals surface area contributed by atoms with Gasteiger partial charge in [-0.1, -0.05) is 66.0 Å². The number of nitrogens with zero attached hydrogens (tertiary/aromatic N) is 1. The molecule has 1 unspecified atom stereocenters. The maximum absolute atomic E-state index is 5.65. The monoisotopic (exact) mass is 289 g/mol. The molecule has 0 heterocycles. The lowest BCUT2D eigenvalue weighted by Crippen LogP contribution is -2.12. The van der Waals surface area contributed by atoms with Crippen LogP contribution in [0.15, 0.2) is 65.8 Å². The van der Waals surface area contributed by atoms with Crippen LogP contribution in [0.1, 0.15) is 36.5 Å². The molecule has 0 N–H and O–H groups in total. The predicted octanol–water partition coefficient (Wildman–Crippen LogP) is 4.58. The summed E-state index contributed by atoms with van der Waals surface area (Å²) in [5, 5.41) is 4.15. The van der Waals surface area contributed by atoms with Gasteiger partial charge in [-0.2, -0.15) is 0 Å². The van der Waals surface area contributed by atoms with Crippen molar-refractivity contribution >= 4 is 6.21 Å². The Hall–Kier alpha value is -2.53. The summed E-state index contributed by atoms with van der Waals surface area (Å²) in [6.07, 6.45) is 5.32. The molecule has 1 aliphatic rings. The van der Waals surface area contributed by atoms with Gasteiger partial charge in [-0.15, -0.1) is 0 Å². The average Bonchev–Trinajstić information content (AvgIpc) is 2.54. The van der Waals surface area contributed by atoms with E-state index in [0.717, 1.165) is 11.1 Å². The lowest BCUT2D eigenvalue weighted by Gasteiger charge is -2.20. The average molecular weight is 289 g/mol. The summed E-state index contributed by atoms with van der Waals surface area (Å²) < 4.78 is 0. The van der Waals surface area contributed by atoms with Crippen molar-refractivity contribution in [3.63, 3.8) is 0 Å². The summed E-state index contributed by atoms with van der Waals surface area (Å²) in [6.45, 7) is 0. The fourth-order valence-electron chi connectivity index (χ4n) is 2.24. The Balaban J connectivity index is 1.74. The van der Waals surface area contributed by atoms with E-state index in [1.54, 1.807) is 0 Å². The van der Waals surface area contributed by atoms with Crippen LogP contribution >= 0.6 is 0 Å². The number of oxime groups is 1. The molecule has 1 atom stereocenters. The molecule has 0 saturated heterocycles. The molecule has 1 fully saturated rings. The molecule has 0 aliphatic heterocycles. The first-order valence-electron chi connectivity index (χ1n) is 7.73. The third-order valence-electron chi connectivity index (χ3n) is 3.81. The Morgan fingerprint density at radius 2 is 1.68 bits per heavy atom. The van der Waals surface area contributed by atoms with Crippen LogP contribution in [0.2, 0.25) is 0 Å². The van der Waals surface area contributed by atoms with E-state index in [0.29, 0.717) is 5.92 Å². The Morgan fingerprint density at radius 1 is 1.00 bits per heavy atom. The topological polar surface area (TPSA) is 21.6 Å². The number of hydrogen-bond donors (Lipinski definition) is 0. The van der Waals surface area contributed by atoms with Crippen molar-refractivity contribution in [3.8, 4) is 11.8 Å². The van der Waals surface area contributed by atoms with Crippen molar-refractivity contribution in [2.24, 2.45) is 11.1 Å². The molecule has 0 aromatic heterocycles. The second-order valence-corrected chi connectivity index (χ2v) is 5.48. The summed E-state index contributed by atoms with van der Waals surface area (Å²) in [6, 6.07) is 19.9. The number of rotatable bonds is 4. The zero-order valence-electron chi connectivity index (χ0n) is 12.5. The molecular weight excluding hydrogens is 270 g/mol. The van der Waals surface area contributed by atoms with Gasteiger partial charge in [-0.25, -0.2) is 0 Å². The summed E-state index contributed by atoms with van der Waals surface area (Å²) in [5.41, 5.74) is 2.01. The van der Waals surface area contributed by atoms with Crippen molar-refractivity contribution in [2.45, 2.75) is 25.4 Å². The minimum Gasteiger partial charge on any atom is -0.375 e. The van der Waals surface area contributed by atoms with E-state index < -0.39 is 0 Å². The third-order valence-corrected chi connectivity index (χ3v) is 3.81. The van der Waals surface area contributed by atoms with Crippen molar-refractivity contribution in [1.29, 1.82) is 0 Å². The van der Waals surface area contributed by atoms with Gasteiger partial charge in [-0.05, 0) is 36.8 Å². The molecule has 1 saturated carbocycles. The molecule has 1 aliphatic carbocycles. The molecule has 2 heteroatoms.